The molecule has 0 spiro atoms. The molecule has 0 radical (unpaired) electrons. The molecule has 2 aromatic rings. The van der Waals surface area contributed by atoms with Gasteiger partial charge in [-0.3, -0.25) is 4.79 Å². The quantitative estimate of drug-likeness (QED) is 0.551. The number of aromatic hydroxyl groups is 2. The minimum absolute atomic E-state index is 0.0210. The van der Waals surface area contributed by atoms with E-state index >= 15 is 0 Å². The maximum Gasteiger partial charge on any atom is 0.207 e. The topological polar surface area (TPSA) is 99.0 Å². The second-order valence-electron chi connectivity index (χ2n) is 5.08. The lowest BCUT2D eigenvalue weighted by molar-refractivity contribution is -0.110. The number of carbonyl (C=O) groups excluding carboxylic acids is 1. The molecule has 6 nitrogen and oxygen atoms in total. The van der Waals surface area contributed by atoms with Gasteiger partial charge in [0, 0.05) is 0 Å². The Morgan fingerprint density at radius 2 is 1.74 bits per heavy atom. The van der Waals surface area contributed by atoms with Crippen molar-refractivity contribution in [2.45, 2.75) is 19.1 Å². The molecule has 122 valence electrons. The zero-order valence-corrected chi connectivity index (χ0v) is 12.5. The molecule has 0 bridgehead atoms. The van der Waals surface area contributed by atoms with Crippen LogP contribution in [0.4, 0.5) is 0 Å². The Labute approximate surface area is 134 Å². The van der Waals surface area contributed by atoms with Crippen molar-refractivity contribution in [1.82, 2.24) is 5.32 Å². The number of nitrogens with one attached hydrogen (secondary N) is 1. The lowest BCUT2D eigenvalue weighted by Crippen LogP contribution is -2.33. The highest BCUT2D eigenvalue weighted by Gasteiger charge is 2.09. The Hall–Kier alpha value is -2.73. The lowest BCUT2D eigenvalue weighted by atomic mass is 10.1. The van der Waals surface area contributed by atoms with Gasteiger partial charge in [0.15, 0.2) is 0 Å². The molecule has 0 saturated heterocycles. The molecule has 0 aromatic heterocycles. The normalized spacial score (nSPS) is 11.7. The third kappa shape index (κ3) is 4.62. The molecule has 0 aliphatic carbocycles. The smallest absolute Gasteiger partial charge is 0.207 e. The molecule has 0 unspecified atom stereocenters. The van der Waals surface area contributed by atoms with Gasteiger partial charge in [-0.2, -0.15) is 0 Å². The van der Waals surface area contributed by atoms with Crippen LogP contribution in [0.1, 0.15) is 11.1 Å². The molecular weight excluding hydrogens is 298 g/mol. The van der Waals surface area contributed by atoms with E-state index in [0.717, 1.165) is 5.56 Å². The second kappa shape index (κ2) is 8.05. The number of aliphatic hydroxyl groups excluding tert-OH is 1. The molecule has 4 N–H and O–H groups in total. The van der Waals surface area contributed by atoms with Crippen molar-refractivity contribution in [3.8, 4) is 17.2 Å². The Bertz CT molecular complexity index is 622. The molecule has 0 saturated carbocycles. The Morgan fingerprint density at radius 1 is 1.09 bits per heavy atom. The van der Waals surface area contributed by atoms with E-state index in [0.29, 0.717) is 24.1 Å². The number of hydrogen-bond donors (Lipinski definition) is 4. The van der Waals surface area contributed by atoms with Crippen molar-refractivity contribution in [2.24, 2.45) is 0 Å². The minimum Gasteiger partial charge on any atom is -0.507 e. The Morgan fingerprint density at radius 3 is 2.30 bits per heavy atom. The van der Waals surface area contributed by atoms with E-state index in [1.807, 2.05) is 12.1 Å². The zero-order valence-electron chi connectivity index (χ0n) is 12.5. The summed E-state index contributed by atoms with van der Waals surface area (Å²) in [4.78, 5) is 10.4. The van der Waals surface area contributed by atoms with Crippen molar-refractivity contribution < 1.29 is 24.9 Å². The van der Waals surface area contributed by atoms with Crippen LogP contribution in [0.5, 0.6) is 17.2 Å². The van der Waals surface area contributed by atoms with E-state index in [1.165, 1.54) is 12.1 Å². The highest BCUT2D eigenvalue weighted by atomic mass is 16.5. The number of carbonyl (C=O) groups is 1. The second-order valence-corrected chi connectivity index (χ2v) is 5.08. The molecule has 23 heavy (non-hydrogen) atoms. The lowest BCUT2D eigenvalue weighted by Gasteiger charge is -2.13. The van der Waals surface area contributed by atoms with Gasteiger partial charge in [-0.15, -0.1) is 0 Å². The number of phenolic OH excluding ortho intramolecular Hbond substituents is 2. The van der Waals surface area contributed by atoms with E-state index < -0.39 is 0 Å². The summed E-state index contributed by atoms with van der Waals surface area (Å²) < 4.78 is 5.55. The average Bonchev–Trinajstić information content (AvgIpc) is 2.55. The molecule has 1 atom stereocenters. The third-order valence-corrected chi connectivity index (χ3v) is 3.44. The fraction of sp³-hybridized carbons (Fsp3) is 0.235. The molecule has 1 amide bonds. The van der Waals surface area contributed by atoms with Crippen LogP contribution in [-0.2, 0) is 17.8 Å². The number of hydrogen-bond acceptors (Lipinski definition) is 5. The molecule has 6 heteroatoms. The summed E-state index contributed by atoms with van der Waals surface area (Å²) >= 11 is 0. The van der Waals surface area contributed by atoms with Crippen molar-refractivity contribution in [2.75, 3.05) is 6.61 Å². The van der Waals surface area contributed by atoms with E-state index in [9.17, 15) is 15.0 Å². The third-order valence-electron chi connectivity index (χ3n) is 3.44. The first-order valence-electron chi connectivity index (χ1n) is 7.16. The van der Waals surface area contributed by atoms with Crippen molar-refractivity contribution >= 4 is 6.41 Å². The van der Waals surface area contributed by atoms with Crippen molar-refractivity contribution in [3.63, 3.8) is 0 Å². The maximum atomic E-state index is 10.4. The van der Waals surface area contributed by atoms with Gasteiger partial charge >= 0.3 is 0 Å². The van der Waals surface area contributed by atoms with Gasteiger partial charge in [-0.1, -0.05) is 18.2 Å². The predicted molar refractivity (Wildman–Crippen MR) is 84.3 cm³/mol. The van der Waals surface area contributed by atoms with Gasteiger partial charge in [0.25, 0.3) is 0 Å². The number of amides is 1. The molecule has 0 fully saturated rings. The highest BCUT2D eigenvalue weighted by molar-refractivity contribution is 5.47. The summed E-state index contributed by atoms with van der Waals surface area (Å²) in [5, 5.41) is 31.1. The summed E-state index contributed by atoms with van der Waals surface area (Å²) in [5.74, 6) is 0.542. The number of benzene rings is 2. The molecule has 2 aromatic carbocycles. The molecule has 2 rings (SSSR count). The number of ether oxygens (including phenoxy) is 1. The van der Waals surface area contributed by atoms with Crippen LogP contribution in [0.25, 0.3) is 0 Å². The van der Waals surface area contributed by atoms with Gasteiger partial charge in [0.05, 0.1) is 18.2 Å². The van der Waals surface area contributed by atoms with Gasteiger partial charge in [0.2, 0.25) is 6.41 Å². The van der Waals surface area contributed by atoms with Crippen LogP contribution in [0.15, 0.2) is 42.5 Å². The molecule has 0 aliphatic heterocycles. The average molecular weight is 317 g/mol. The van der Waals surface area contributed by atoms with Crippen molar-refractivity contribution in [3.05, 3.63) is 53.6 Å². The van der Waals surface area contributed by atoms with Crippen LogP contribution >= 0.6 is 0 Å². The van der Waals surface area contributed by atoms with Crippen LogP contribution < -0.4 is 10.1 Å². The van der Waals surface area contributed by atoms with Crippen molar-refractivity contribution in [1.29, 1.82) is 0 Å². The van der Waals surface area contributed by atoms with Crippen LogP contribution in [0.2, 0.25) is 0 Å². The first-order chi connectivity index (χ1) is 11.1. The van der Waals surface area contributed by atoms with E-state index in [-0.39, 0.29) is 30.8 Å². The largest absolute Gasteiger partial charge is 0.507 e. The van der Waals surface area contributed by atoms with Gasteiger partial charge in [0.1, 0.15) is 23.9 Å². The molecule has 0 aliphatic rings. The monoisotopic (exact) mass is 317 g/mol. The molecule has 0 heterocycles. The fourth-order valence-electron chi connectivity index (χ4n) is 2.14. The summed E-state index contributed by atoms with van der Waals surface area (Å²) in [6.07, 6.45) is 1.08. The first-order valence-corrected chi connectivity index (χ1v) is 7.16. The van der Waals surface area contributed by atoms with Gasteiger partial charge in [-0.25, -0.2) is 0 Å². The summed E-state index contributed by atoms with van der Waals surface area (Å²) in [7, 11) is 0. The minimum atomic E-state index is -0.322. The fourth-order valence-corrected chi connectivity index (χ4v) is 2.14. The summed E-state index contributed by atoms with van der Waals surface area (Å²) in [6.45, 7) is -0.0899. The van der Waals surface area contributed by atoms with Gasteiger partial charge in [-0.05, 0) is 36.2 Å². The molecular formula is C17H19NO5. The highest BCUT2D eigenvalue weighted by Crippen LogP contribution is 2.27. The Kier molecular flexibility index (Phi) is 5.82. The van der Waals surface area contributed by atoms with Crippen LogP contribution in [0, 0.1) is 0 Å². The Balaban J connectivity index is 1.96. The zero-order chi connectivity index (χ0) is 16.7. The van der Waals surface area contributed by atoms with E-state index in [2.05, 4.69) is 5.32 Å². The SMILES string of the molecule is O=CN[C@H](CO)Cc1ccc(OCc2c(O)cccc2O)cc1. The van der Waals surface area contributed by atoms with Crippen LogP contribution in [-0.4, -0.2) is 34.4 Å². The summed E-state index contributed by atoms with van der Waals surface area (Å²) in [5.41, 5.74) is 1.27. The van der Waals surface area contributed by atoms with E-state index in [4.69, 9.17) is 9.84 Å². The number of aliphatic hydroxyl groups is 1. The standard InChI is InChI=1S/C17H19NO5/c19-9-13(18-11-20)8-12-4-6-14(7-5-12)23-10-15-16(21)2-1-3-17(15)22/h1-7,11,13,19,21-22H,8-10H2,(H,18,20)/t13-/m0/s1. The predicted octanol–water partition coefficient (Wildman–Crippen LogP) is 1.33. The number of phenols is 2. The maximum absolute atomic E-state index is 10.4. The van der Waals surface area contributed by atoms with Crippen LogP contribution in [0.3, 0.4) is 0 Å². The number of rotatable bonds is 8. The van der Waals surface area contributed by atoms with E-state index in [1.54, 1.807) is 18.2 Å². The first kappa shape index (κ1) is 16.6. The van der Waals surface area contributed by atoms with Gasteiger partial charge < -0.3 is 25.4 Å². The summed E-state index contributed by atoms with van der Waals surface area (Å²) in [6, 6.07) is 11.4.